The maximum Gasteiger partial charge on any atom is 0.127 e. The fourth-order valence-electron chi connectivity index (χ4n) is 4.90. The topological polar surface area (TPSA) is 36.9 Å². The summed E-state index contributed by atoms with van der Waals surface area (Å²) in [5, 5.41) is 0. The predicted molar refractivity (Wildman–Crippen MR) is 128 cm³/mol. The molecule has 32 heavy (non-hydrogen) atoms. The zero-order chi connectivity index (χ0) is 22.3. The minimum absolute atomic E-state index is 0.107. The van der Waals surface area contributed by atoms with E-state index in [-0.39, 0.29) is 10.8 Å². The Morgan fingerprint density at radius 3 is 1.50 bits per heavy atom. The Balaban J connectivity index is 1.53. The summed E-state index contributed by atoms with van der Waals surface area (Å²) in [6, 6.07) is 16.6. The first-order valence-electron chi connectivity index (χ1n) is 12.3. The van der Waals surface area contributed by atoms with Crippen molar-refractivity contribution in [2.45, 2.75) is 52.4 Å². The van der Waals surface area contributed by atoms with Crippen molar-refractivity contribution in [3.8, 4) is 22.6 Å². The van der Waals surface area contributed by atoms with Crippen LogP contribution in [0.2, 0.25) is 0 Å². The molecule has 0 radical (unpaired) electrons. The first-order chi connectivity index (χ1) is 15.7. The first kappa shape index (κ1) is 23.1. The van der Waals surface area contributed by atoms with Gasteiger partial charge in [-0.3, -0.25) is 0 Å². The Labute approximate surface area is 193 Å². The van der Waals surface area contributed by atoms with Crippen LogP contribution in [0.25, 0.3) is 11.1 Å². The van der Waals surface area contributed by atoms with E-state index in [0.717, 1.165) is 87.6 Å². The lowest BCUT2D eigenvalue weighted by atomic mass is 9.81. The average Bonchev–Trinajstić information content (AvgIpc) is 2.88. The highest BCUT2D eigenvalue weighted by molar-refractivity contribution is 5.75. The van der Waals surface area contributed by atoms with Gasteiger partial charge in [-0.15, -0.1) is 0 Å². The molecule has 0 amide bonds. The van der Waals surface area contributed by atoms with Crippen LogP contribution in [0.3, 0.4) is 0 Å². The molecule has 0 spiro atoms. The summed E-state index contributed by atoms with van der Waals surface area (Å²) < 4.78 is 24.5. The Kier molecular flexibility index (Phi) is 7.75. The van der Waals surface area contributed by atoms with Gasteiger partial charge in [0, 0.05) is 35.2 Å². The molecule has 174 valence electrons. The molecule has 2 aromatic carbocycles. The molecule has 4 rings (SSSR count). The quantitative estimate of drug-likeness (QED) is 0.446. The van der Waals surface area contributed by atoms with Crippen LogP contribution in [0.1, 0.15) is 52.4 Å². The minimum atomic E-state index is 0.107. The number of benzene rings is 2. The van der Waals surface area contributed by atoms with Gasteiger partial charge in [0.25, 0.3) is 0 Å². The molecule has 4 heteroatoms. The molecule has 2 saturated heterocycles. The third kappa shape index (κ3) is 5.29. The lowest BCUT2D eigenvalue weighted by Gasteiger charge is -2.36. The number of hydrogen-bond donors (Lipinski definition) is 0. The summed E-state index contributed by atoms with van der Waals surface area (Å²) >= 11 is 0. The molecule has 0 bridgehead atoms. The zero-order valence-corrected chi connectivity index (χ0v) is 19.7. The fourth-order valence-corrected chi connectivity index (χ4v) is 4.90. The molecule has 2 heterocycles. The van der Waals surface area contributed by atoms with Gasteiger partial charge in [0.2, 0.25) is 0 Å². The van der Waals surface area contributed by atoms with E-state index in [2.05, 4.69) is 50.2 Å². The van der Waals surface area contributed by atoms with E-state index in [1.165, 1.54) is 0 Å². The van der Waals surface area contributed by atoms with Crippen LogP contribution in [0, 0.1) is 10.8 Å². The van der Waals surface area contributed by atoms with Crippen molar-refractivity contribution in [2.24, 2.45) is 10.8 Å². The molecule has 0 aliphatic carbocycles. The average molecular weight is 439 g/mol. The molecule has 2 aliphatic rings. The van der Waals surface area contributed by atoms with Crippen molar-refractivity contribution >= 4 is 0 Å². The lowest BCUT2D eigenvalue weighted by molar-refractivity contribution is -0.0346. The second-order valence-electron chi connectivity index (χ2n) is 9.59. The minimum Gasteiger partial charge on any atom is -0.492 e. The van der Waals surface area contributed by atoms with Crippen LogP contribution in [0.4, 0.5) is 0 Å². The molecule has 2 unspecified atom stereocenters. The van der Waals surface area contributed by atoms with Crippen LogP contribution in [0.5, 0.6) is 11.5 Å². The van der Waals surface area contributed by atoms with Crippen LogP contribution in [-0.2, 0) is 9.47 Å². The highest BCUT2D eigenvalue weighted by atomic mass is 16.5. The lowest BCUT2D eigenvalue weighted by Crippen LogP contribution is -2.37. The van der Waals surface area contributed by atoms with Crippen LogP contribution >= 0.6 is 0 Å². The van der Waals surface area contributed by atoms with Crippen molar-refractivity contribution < 1.29 is 18.9 Å². The van der Waals surface area contributed by atoms with Gasteiger partial charge in [0.05, 0.1) is 26.4 Å². The summed E-state index contributed by atoms with van der Waals surface area (Å²) in [5.74, 6) is 1.82. The van der Waals surface area contributed by atoms with E-state index in [9.17, 15) is 0 Å². The van der Waals surface area contributed by atoms with E-state index in [4.69, 9.17) is 18.9 Å². The van der Waals surface area contributed by atoms with Gasteiger partial charge in [-0.05, 0) is 50.7 Å². The van der Waals surface area contributed by atoms with Crippen molar-refractivity contribution in [2.75, 3.05) is 39.6 Å². The van der Waals surface area contributed by atoms with E-state index in [1.54, 1.807) is 0 Å². The molecular formula is C28H38O4. The maximum atomic E-state index is 6.46. The Morgan fingerprint density at radius 2 is 1.12 bits per heavy atom. The van der Waals surface area contributed by atoms with E-state index in [1.807, 2.05) is 12.1 Å². The van der Waals surface area contributed by atoms with Crippen molar-refractivity contribution in [1.29, 1.82) is 0 Å². The first-order valence-corrected chi connectivity index (χ1v) is 12.3. The summed E-state index contributed by atoms with van der Waals surface area (Å²) in [4.78, 5) is 0. The SMILES string of the molecule is CCC1(COc2ccccc2-c2ccccc2OCC2(CC)CCCOC2)CCCOC1. The van der Waals surface area contributed by atoms with Gasteiger partial charge in [-0.1, -0.05) is 50.2 Å². The molecule has 2 aliphatic heterocycles. The molecule has 0 saturated carbocycles. The highest BCUT2D eigenvalue weighted by Crippen LogP contribution is 2.40. The van der Waals surface area contributed by atoms with Crippen molar-refractivity contribution in [1.82, 2.24) is 0 Å². The highest BCUT2D eigenvalue weighted by Gasteiger charge is 2.33. The van der Waals surface area contributed by atoms with E-state index >= 15 is 0 Å². The van der Waals surface area contributed by atoms with E-state index in [0.29, 0.717) is 13.2 Å². The maximum absolute atomic E-state index is 6.46. The fraction of sp³-hybridized carbons (Fsp3) is 0.571. The second-order valence-corrected chi connectivity index (χ2v) is 9.59. The van der Waals surface area contributed by atoms with E-state index < -0.39 is 0 Å². The molecule has 2 atom stereocenters. The molecule has 4 nitrogen and oxygen atoms in total. The van der Waals surface area contributed by atoms with Crippen molar-refractivity contribution in [3.05, 3.63) is 48.5 Å². The van der Waals surface area contributed by atoms with Crippen LogP contribution < -0.4 is 9.47 Å². The van der Waals surface area contributed by atoms with Gasteiger partial charge in [-0.25, -0.2) is 0 Å². The summed E-state index contributed by atoms with van der Waals surface area (Å²) in [6.45, 7) is 9.15. The van der Waals surface area contributed by atoms with Crippen LogP contribution in [0.15, 0.2) is 48.5 Å². The van der Waals surface area contributed by atoms with Crippen LogP contribution in [-0.4, -0.2) is 39.6 Å². The number of hydrogen-bond acceptors (Lipinski definition) is 4. The molecule has 0 aromatic heterocycles. The number of para-hydroxylation sites is 2. The van der Waals surface area contributed by atoms with Gasteiger partial charge < -0.3 is 18.9 Å². The summed E-state index contributed by atoms with van der Waals surface area (Å²) in [5.41, 5.74) is 2.37. The largest absolute Gasteiger partial charge is 0.492 e. The molecule has 0 N–H and O–H groups in total. The zero-order valence-electron chi connectivity index (χ0n) is 19.7. The molecule has 2 fully saturated rings. The summed E-state index contributed by atoms with van der Waals surface area (Å²) in [7, 11) is 0. The third-order valence-corrected chi connectivity index (χ3v) is 7.44. The number of rotatable bonds is 9. The Hall–Kier alpha value is -2.04. The monoisotopic (exact) mass is 438 g/mol. The van der Waals surface area contributed by atoms with Gasteiger partial charge >= 0.3 is 0 Å². The molecular weight excluding hydrogens is 400 g/mol. The van der Waals surface area contributed by atoms with Gasteiger partial charge in [-0.2, -0.15) is 0 Å². The normalized spacial score (nSPS) is 25.9. The molecule has 2 aromatic rings. The summed E-state index contributed by atoms with van der Waals surface area (Å²) in [6.07, 6.45) is 6.67. The van der Waals surface area contributed by atoms with Crippen molar-refractivity contribution in [3.63, 3.8) is 0 Å². The Morgan fingerprint density at radius 1 is 0.688 bits per heavy atom. The number of ether oxygens (including phenoxy) is 4. The second kappa shape index (κ2) is 10.7. The van der Waals surface area contributed by atoms with Gasteiger partial charge in [0.1, 0.15) is 11.5 Å². The Bertz CT molecular complexity index is 779. The predicted octanol–water partition coefficient (Wildman–Crippen LogP) is 6.52. The standard InChI is InChI=1S/C28H38O4/c1-3-27(15-9-17-29-19-27)21-31-25-13-7-5-11-23(25)24-12-6-8-14-26(24)32-22-28(4-2)16-10-18-30-20-28/h5-8,11-14H,3-4,9-10,15-22H2,1-2H3. The van der Waals surface area contributed by atoms with Gasteiger partial charge in [0.15, 0.2) is 0 Å². The third-order valence-electron chi connectivity index (χ3n) is 7.44. The smallest absolute Gasteiger partial charge is 0.127 e.